The molecule has 2 aromatic rings. The van der Waals surface area contributed by atoms with Gasteiger partial charge in [0.1, 0.15) is 0 Å². The summed E-state index contributed by atoms with van der Waals surface area (Å²) in [5.74, 6) is 0.771. The third kappa shape index (κ3) is 2.48. The average Bonchev–Trinajstić information content (AvgIpc) is 3.12. The lowest BCUT2D eigenvalue weighted by atomic mass is 10.3. The molecule has 2 aromatic heterocycles. The second-order valence-electron chi connectivity index (χ2n) is 5.35. The van der Waals surface area contributed by atoms with E-state index in [4.69, 9.17) is 5.11 Å². The molecule has 102 valence electrons. The van der Waals surface area contributed by atoms with Gasteiger partial charge >= 0.3 is 0 Å². The molecular formula is C14H20N4O. The van der Waals surface area contributed by atoms with Crippen LogP contribution < -0.4 is 0 Å². The highest BCUT2D eigenvalue weighted by molar-refractivity contribution is 5.35. The van der Waals surface area contributed by atoms with Gasteiger partial charge in [-0.15, -0.1) is 0 Å². The molecule has 3 rings (SSSR count). The predicted octanol–water partition coefficient (Wildman–Crippen LogP) is 1.30. The number of aryl methyl sites for hydroxylation is 2. The van der Waals surface area contributed by atoms with Gasteiger partial charge in [0.05, 0.1) is 18.5 Å². The number of hydrogen-bond acceptors (Lipinski definition) is 4. The lowest BCUT2D eigenvalue weighted by molar-refractivity contribution is 0.181. The van der Waals surface area contributed by atoms with Gasteiger partial charge < -0.3 is 5.11 Å². The van der Waals surface area contributed by atoms with Crippen LogP contribution in [0.3, 0.4) is 0 Å². The lowest BCUT2D eigenvalue weighted by Crippen LogP contribution is -2.29. The van der Waals surface area contributed by atoms with Crippen LogP contribution in [0.1, 0.15) is 29.9 Å². The fraction of sp³-hybridized carbons (Fsp3) is 0.571. The largest absolute Gasteiger partial charge is 0.395 e. The van der Waals surface area contributed by atoms with Crippen LogP contribution in [0, 0.1) is 13.8 Å². The van der Waals surface area contributed by atoms with Crippen molar-refractivity contribution >= 4 is 5.78 Å². The molecule has 0 aliphatic heterocycles. The number of aromatic nitrogens is 3. The predicted molar refractivity (Wildman–Crippen MR) is 73.0 cm³/mol. The summed E-state index contributed by atoms with van der Waals surface area (Å²) < 4.78 is 2.11. The summed E-state index contributed by atoms with van der Waals surface area (Å²) in [6, 6.07) is 2.71. The van der Waals surface area contributed by atoms with E-state index >= 15 is 0 Å². The van der Waals surface area contributed by atoms with Crippen LogP contribution in [-0.2, 0) is 6.54 Å². The second-order valence-corrected chi connectivity index (χ2v) is 5.35. The zero-order valence-corrected chi connectivity index (χ0v) is 11.5. The summed E-state index contributed by atoms with van der Waals surface area (Å²) in [7, 11) is 0. The molecule has 0 spiro atoms. The van der Waals surface area contributed by atoms with Gasteiger partial charge in [-0.05, 0) is 32.8 Å². The Morgan fingerprint density at radius 3 is 2.89 bits per heavy atom. The molecule has 0 amide bonds. The van der Waals surface area contributed by atoms with Crippen molar-refractivity contribution in [1.29, 1.82) is 0 Å². The molecule has 0 atom stereocenters. The van der Waals surface area contributed by atoms with Crippen LogP contribution in [0.5, 0.6) is 0 Å². The molecule has 5 heteroatoms. The van der Waals surface area contributed by atoms with Crippen molar-refractivity contribution in [3.05, 3.63) is 29.3 Å². The maximum Gasteiger partial charge on any atom is 0.234 e. The summed E-state index contributed by atoms with van der Waals surface area (Å²) >= 11 is 0. The Bertz CT molecular complexity index is 588. The summed E-state index contributed by atoms with van der Waals surface area (Å²) in [5, 5.41) is 9.17. The number of nitrogens with zero attached hydrogens (tertiary/aromatic N) is 4. The van der Waals surface area contributed by atoms with E-state index in [2.05, 4.69) is 32.3 Å². The zero-order chi connectivity index (χ0) is 13.4. The first-order valence-corrected chi connectivity index (χ1v) is 6.84. The summed E-state index contributed by atoms with van der Waals surface area (Å²) in [5.41, 5.74) is 3.31. The second kappa shape index (κ2) is 4.90. The van der Waals surface area contributed by atoms with Crippen molar-refractivity contribution in [2.45, 2.75) is 39.3 Å². The molecule has 0 bridgehead atoms. The van der Waals surface area contributed by atoms with Crippen LogP contribution in [0.25, 0.3) is 5.78 Å². The average molecular weight is 260 g/mol. The van der Waals surface area contributed by atoms with Crippen LogP contribution in [0.4, 0.5) is 0 Å². The van der Waals surface area contributed by atoms with Crippen molar-refractivity contribution in [2.24, 2.45) is 0 Å². The Labute approximate surface area is 112 Å². The molecule has 2 heterocycles. The maximum atomic E-state index is 9.17. The van der Waals surface area contributed by atoms with Gasteiger partial charge in [0.2, 0.25) is 5.78 Å². The van der Waals surface area contributed by atoms with Gasteiger partial charge in [-0.25, -0.2) is 9.97 Å². The van der Waals surface area contributed by atoms with Crippen molar-refractivity contribution in [2.75, 3.05) is 13.2 Å². The number of hydrogen-bond donors (Lipinski definition) is 1. The Hall–Kier alpha value is -1.46. The first-order chi connectivity index (χ1) is 9.19. The van der Waals surface area contributed by atoms with Crippen molar-refractivity contribution in [1.82, 2.24) is 19.3 Å². The van der Waals surface area contributed by atoms with Crippen molar-refractivity contribution in [3.63, 3.8) is 0 Å². The summed E-state index contributed by atoms with van der Waals surface area (Å²) in [4.78, 5) is 11.2. The standard InChI is InChI=1S/C14H20N4O/c1-10-7-11(2)18-13(8-15-14(18)16-10)9-17(5-6-19)12-3-4-12/h7-8,12,19H,3-6,9H2,1-2H3. The van der Waals surface area contributed by atoms with Crippen LogP contribution in [0.15, 0.2) is 12.3 Å². The first kappa shape index (κ1) is 12.6. The Morgan fingerprint density at radius 1 is 1.42 bits per heavy atom. The topological polar surface area (TPSA) is 53.7 Å². The maximum absolute atomic E-state index is 9.17. The van der Waals surface area contributed by atoms with E-state index in [1.54, 1.807) is 0 Å². The number of aliphatic hydroxyl groups excluding tert-OH is 1. The van der Waals surface area contributed by atoms with Gasteiger partial charge in [0.25, 0.3) is 0 Å². The minimum absolute atomic E-state index is 0.212. The van der Waals surface area contributed by atoms with Gasteiger partial charge in [0, 0.05) is 30.5 Å². The highest BCUT2D eigenvalue weighted by Gasteiger charge is 2.29. The molecule has 0 saturated heterocycles. The molecule has 0 unspecified atom stereocenters. The quantitative estimate of drug-likeness (QED) is 0.880. The Morgan fingerprint density at radius 2 is 2.21 bits per heavy atom. The molecule has 1 aliphatic carbocycles. The number of rotatable bonds is 5. The van der Waals surface area contributed by atoms with E-state index in [-0.39, 0.29) is 6.61 Å². The minimum Gasteiger partial charge on any atom is -0.395 e. The zero-order valence-electron chi connectivity index (χ0n) is 11.5. The minimum atomic E-state index is 0.212. The molecule has 19 heavy (non-hydrogen) atoms. The Kier molecular flexibility index (Phi) is 3.24. The third-order valence-electron chi connectivity index (χ3n) is 3.68. The molecular weight excluding hydrogens is 240 g/mol. The summed E-state index contributed by atoms with van der Waals surface area (Å²) in [6.45, 7) is 5.85. The first-order valence-electron chi connectivity index (χ1n) is 6.84. The summed E-state index contributed by atoms with van der Waals surface area (Å²) in [6.07, 6.45) is 4.39. The van der Waals surface area contributed by atoms with E-state index in [0.717, 1.165) is 35.9 Å². The van der Waals surface area contributed by atoms with Crippen LogP contribution in [-0.4, -0.2) is 43.6 Å². The highest BCUT2D eigenvalue weighted by atomic mass is 16.3. The molecule has 0 radical (unpaired) electrons. The molecule has 5 nitrogen and oxygen atoms in total. The molecule has 1 fully saturated rings. The van der Waals surface area contributed by atoms with E-state index in [1.165, 1.54) is 12.8 Å². The van der Waals surface area contributed by atoms with Gasteiger partial charge in [0.15, 0.2) is 0 Å². The van der Waals surface area contributed by atoms with Gasteiger partial charge in [-0.1, -0.05) is 0 Å². The molecule has 0 aromatic carbocycles. The fourth-order valence-electron chi connectivity index (χ4n) is 2.67. The van der Waals surface area contributed by atoms with E-state index in [0.29, 0.717) is 6.04 Å². The van der Waals surface area contributed by atoms with Gasteiger partial charge in [-0.3, -0.25) is 9.30 Å². The number of fused-ring (bicyclic) bond motifs is 1. The lowest BCUT2D eigenvalue weighted by Gasteiger charge is -2.20. The van der Waals surface area contributed by atoms with Crippen molar-refractivity contribution in [3.8, 4) is 0 Å². The Balaban J connectivity index is 1.92. The SMILES string of the molecule is Cc1cc(C)n2c(CN(CCO)C3CC3)cnc2n1. The van der Waals surface area contributed by atoms with E-state index in [1.807, 2.05) is 13.1 Å². The van der Waals surface area contributed by atoms with E-state index < -0.39 is 0 Å². The molecule has 1 N–H and O–H groups in total. The molecule has 1 saturated carbocycles. The molecule has 1 aliphatic rings. The van der Waals surface area contributed by atoms with E-state index in [9.17, 15) is 0 Å². The smallest absolute Gasteiger partial charge is 0.234 e. The highest BCUT2D eigenvalue weighted by Crippen LogP contribution is 2.28. The number of imidazole rings is 1. The fourth-order valence-corrected chi connectivity index (χ4v) is 2.67. The van der Waals surface area contributed by atoms with Crippen LogP contribution >= 0.6 is 0 Å². The van der Waals surface area contributed by atoms with Gasteiger partial charge in [-0.2, -0.15) is 0 Å². The number of aliphatic hydroxyl groups is 1. The normalized spacial score (nSPS) is 15.6. The van der Waals surface area contributed by atoms with Crippen molar-refractivity contribution < 1.29 is 5.11 Å². The monoisotopic (exact) mass is 260 g/mol. The van der Waals surface area contributed by atoms with Crippen LogP contribution in [0.2, 0.25) is 0 Å². The third-order valence-corrected chi connectivity index (χ3v) is 3.68.